The molecule has 1 aromatic heterocycles. The Bertz CT molecular complexity index is 1100. The maximum Gasteiger partial charge on any atom is 0.259 e. The van der Waals surface area contributed by atoms with Gasteiger partial charge in [-0.2, -0.15) is 0 Å². The standard InChI is InChI=1S/C25H26N4O3/c1-17-22(24(30)28-20-10-12-21(32-2)13-11-20)15-26-23(27-17)19-9-6-14-29(16-19)25(31)18-7-4-3-5-8-18/h3-5,7-8,10-13,15,19H,6,9,14,16H2,1-2H3,(H,28,30)/t19-/m1/s1. The molecule has 2 amide bonds. The zero-order chi connectivity index (χ0) is 22.5. The average molecular weight is 431 g/mol. The highest BCUT2D eigenvalue weighted by Gasteiger charge is 2.27. The van der Waals surface area contributed by atoms with Crippen LogP contribution < -0.4 is 10.1 Å². The maximum atomic E-state index is 12.8. The second-order valence-electron chi connectivity index (χ2n) is 7.87. The van der Waals surface area contributed by atoms with Crippen LogP contribution in [-0.4, -0.2) is 46.9 Å². The molecule has 0 bridgehead atoms. The van der Waals surface area contributed by atoms with Crippen molar-refractivity contribution in [3.05, 3.63) is 83.4 Å². The summed E-state index contributed by atoms with van der Waals surface area (Å²) in [6.45, 7) is 3.11. The largest absolute Gasteiger partial charge is 0.497 e. The zero-order valence-corrected chi connectivity index (χ0v) is 18.2. The van der Waals surface area contributed by atoms with Gasteiger partial charge in [0.05, 0.1) is 18.4 Å². The molecule has 1 aliphatic rings. The van der Waals surface area contributed by atoms with Crippen molar-refractivity contribution in [2.24, 2.45) is 0 Å². The second-order valence-corrected chi connectivity index (χ2v) is 7.87. The molecule has 0 saturated carbocycles. The Balaban J connectivity index is 1.45. The summed E-state index contributed by atoms with van der Waals surface area (Å²) in [5.74, 6) is 1.22. The molecule has 164 valence electrons. The molecule has 0 spiro atoms. The van der Waals surface area contributed by atoms with Gasteiger partial charge in [0, 0.05) is 36.5 Å². The number of amides is 2. The van der Waals surface area contributed by atoms with E-state index >= 15 is 0 Å². The summed E-state index contributed by atoms with van der Waals surface area (Å²) < 4.78 is 5.14. The Hall–Kier alpha value is -3.74. The fraction of sp³-hybridized carbons (Fsp3) is 0.280. The molecule has 1 atom stereocenters. The molecular formula is C25H26N4O3. The molecule has 0 radical (unpaired) electrons. The van der Waals surface area contributed by atoms with E-state index in [4.69, 9.17) is 4.74 Å². The van der Waals surface area contributed by atoms with Gasteiger partial charge in [-0.3, -0.25) is 9.59 Å². The summed E-state index contributed by atoms with van der Waals surface area (Å²) in [6, 6.07) is 16.4. The Morgan fingerprint density at radius 3 is 2.53 bits per heavy atom. The Kier molecular flexibility index (Phi) is 6.44. The molecule has 1 N–H and O–H groups in total. The van der Waals surface area contributed by atoms with Crippen LogP contribution in [0.15, 0.2) is 60.8 Å². The van der Waals surface area contributed by atoms with Crippen LogP contribution in [0.2, 0.25) is 0 Å². The van der Waals surface area contributed by atoms with Gasteiger partial charge in [-0.25, -0.2) is 9.97 Å². The van der Waals surface area contributed by atoms with Gasteiger partial charge in [-0.1, -0.05) is 18.2 Å². The monoisotopic (exact) mass is 430 g/mol. The van der Waals surface area contributed by atoms with Gasteiger partial charge < -0.3 is 15.0 Å². The molecule has 1 aliphatic heterocycles. The summed E-state index contributed by atoms with van der Waals surface area (Å²) >= 11 is 0. The van der Waals surface area contributed by atoms with E-state index < -0.39 is 0 Å². The van der Waals surface area contributed by atoms with Crippen molar-refractivity contribution in [1.29, 1.82) is 0 Å². The van der Waals surface area contributed by atoms with Crippen LogP contribution in [0.4, 0.5) is 5.69 Å². The first-order chi connectivity index (χ1) is 15.5. The highest BCUT2D eigenvalue weighted by molar-refractivity contribution is 6.04. The third kappa shape index (κ3) is 4.77. The van der Waals surface area contributed by atoms with E-state index in [-0.39, 0.29) is 17.7 Å². The predicted molar refractivity (Wildman–Crippen MR) is 122 cm³/mol. The van der Waals surface area contributed by atoms with E-state index in [2.05, 4.69) is 15.3 Å². The van der Waals surface area contributed by atoms with Crippen LogP contribution in [0.3, 0.4) is 0 Å². The molecule has 2 aromatic carbocycles. The number of hydrogen-bond acceptors (Lipinski definition) is 5. The number of methoxy groups -OCH3 is 1. The lowest BCUT2D eigenvalue weighted by Gasteiger charge is -2.32. The number of carbonyl (C=O) groups is 2. The van der Waals surface area contributed by atoms with E-state index in [9.17, 15) is 9.59 Å². The van der Waals surface area contributed by atoms with Gasteiger partial charge in [0.15, 0.2) is 0 Å². The van der Waals surface area contributed by atoms with Crippen LogP contribution in [0.25, 0.3) is 0 Å². The summed E-state index contributed by atoms with van der Waals surface area (Å²) in [6.07, 6.45) is 3.38. The van der Waals surface area contributed by atoms with E-state index in [0.29, 0.717) is 34.9 Å². The molecular weight excluding hydrogens is 404 g/mol. The SMILES string of the molecule is COc1ccc(NC(=O)c2cnc([C@@H]3CCCN(C(=O)c4ccccc4)C3)nc2C)cc1. The van der Waals surface area contributed by atoms with E-state index in [1.54, 1.807) is 37.6 Å². The van der Waals surface area contributed by atoms with Gasteiger partial charge in [-0.05, 0) is 56.2 Å². The van der Waals surface area contributed by atoms with E-state index in [1.807, 2.05) is 42.2 Å². The molecule has 7 nitrogen and oxygen atoms in total. The molecule has 1 fully saturated rings. The molecule has 2 heterocycles. The van der Waals surface area contributed by atoms with E-state index in [0.717, 1.165) is 25.1 Å². The number of nitrogens with one attached hydrogen (secondary N) is 1. The third-order valence-corrected chi connectivity index (χ3v) is 5.68. The topological polar surface area (TPSA) is 84.4 Å². The highest BCUT2D eigenvalue weighted by Crippen LogP contribution is 2.26. The number of rotatable bonds is 5. The molecule has 3 aromatic rings. The smallest absolute Gasteiger partial charge is 0.259 e. The lowest BCUT2D eigenvalue weighted by atomic mass is 9.96. The Labute approximate surface area is 187 Å². The summed E-state index contributed by atoms with van der Waals surface area (Å²) in [4.78, 5) is 36.5. The quantitative estimate of drug-likeness (QED) is 0.660. The van der Waals surface area contributed by atoms with Crippen molar-refractivity contribution in [1.82, 2.24) is 14.9 Å². The van der Waals surface area contributed by atoms with Crippen molar-refractivity contribution in [3.8, 4) is 5.75 Å². The number of ether oxygens (including phenoxy) is 1. The van der Waals surface area contributed by atoms with Gasteiger partial charge in [0.25, 0.3) is 11.8 Å². The number of aryl methyl sites for hydroxylation is 1. The van der Waals surface area contributed by atoms with Gasteiger partial charge in [-0.15, -0.1) is 0 Å². The zero-order valence-electron chi connectivity index (χ0n) is 18.2. The van der Waals surface area contributed by atoms with E-state index in [1.165, 1.54) is 0 Å². The van der Waals surface area contributed by atoms with Gasteiger partial charge in [0.1, 0.15) is 11.6 Å². The number of nitrogens with zero attached hydrogens (tertiary/aromatic N) is 3. The first-order valence-corrected chi connectivity index (χ1v) is 10.7. The van der Waals surface area contributed by atoms with Crippen molar-refractivity contribution in [2.45, 2.75) is 25.7 Å². The van der Waals surface area contributed by atoms with Crippen LogP contribution in [0, 0.1) is 6.92 Å². The number of piperidine rings is 1. The minimum atomic E-state index is -0.260. The first-order valence-electron chi connectivity index (χ1n) is 10.7. The number of carbonyl (C=O) groups excluding carboxylic acids is 2. The van der Waals surface area contributed by atoms with Crippen molar-refractivity contribution < 1.29 is 14.3 Å². The fourth-order valence-corrected chi connectivity index (χ4v) is 3.91. The number of aromatic nitrogens is 2. The van der Waals surface area contributed by atoms with Crippen molar-refractivity contribution in [2.75, 3.05) is 25.5 Å². The lowest BCUT2D eigenvalue weighted by Crippen LogP contribution is -2.39. The summed E-state index contributed by atoms with van der Waals surface area (Å²) in [5, 5.41) is 2.86. The third-order valence-electron chi connectivity index (χ3n) is 5.68. The first kappa shape index (κ1) is 21.5. The minimum Gasteiger partial charge on any atom is -0.497 e. The second kappa shape index (κ2) is 9.60. The maximum absolute atomic E-state index is 12.8. The van der Waals surface area contributed by atoms with Gasteiger partial charge >= 0.3 is 0 Å². The molecule has 0 aliphatic carbocycles. The molecule has 0 unspecified atom stereocenters. The average Bonchev–Trinajstić information content (AvgIpc) is 2.84. The molecule has 32 heavy (non-hydrogen) atoms. The van der Waals surface area contributed by atoms with Crippen LogP contribution in [0.1, 0.15) is 51.0 Å². The Morgan fingerprint density at radius 1 is 1.09 bits per heavy atom. The van der Waals surface area contributed by atoms with Gasteiger partial charge in [0.2, 0.25) is 0 Å². The molecule has 1 saturated heterocycles. The number of benzene rings is 2. The summed E-state index contributed by atoms with van der Waals surface area (Å²) in [5.41, 5.74) is 2.41. The summed E-state index contributed by atoms with van der Waals surface area (Å²) in [7, 11) is 1.60. The predicted octanol–water partition coefficient (Wildman–Crippen LogP) is 4.07. The Morgan fingerprint density at radius 2 is 1.84 bits per heavy atom. The highest BCUT2D eigenvalue weighted by atomic mass is 16.5. The molecule has 7 heteroatoms. The lowest BCUT2D eigenvalue weighted by molar-refractivity contribution is 0.0704. The van der Waals surface area contributed by atoms with Crippen molar-refractivity contribution in [3.63, 3.8) is 0 Å². The fourth-order valence-electron chi connectivity index (χ4n) is 3.91. The number of hydrogen-bond donors (Lipinski definition) is 1. The molecule has 4 rings (SSSR count). The van der Waals surface area contributed by atoms with Crippen molar-refractivity contribution >= 4 is 17.5 Å². The van der Waals surface area contributed by atoms with Crippen LogP contribution in [0.5, 0.6) is 5.75 Å². The number of anilines is 1. The minimum absolute atomic E-state index is 0.0301. The number of likely N-dealkylation sites (tertiary alicyclic amines) is 1. The van der Waals surface area contributed by atoms with Crippen LogP contribution >= 0.6 is 0 Å². The van der Waals surface area contributed by atoms with Crippen LogP contribution in [-0.2, 0) is 0 Å². The normalized spacial score (nSPS) is 15.8.